The van der Waals surface area contributed by atoms with Gasteiger partial charge >= 0.3 is 0 Å². The summed E-state index contributed by atoms with van der Waals surface area (Å²) >= 11 is 0. The summed E-state index contributed by atoms with van der Waals surface area (Å²) in [6, 6.07) is 0. The van der Waals surface area contributed by atoms with Gasteiger partial charge in [0.05, 0.1) is 0 Å². The minimum atomic E-state index is -0.240. The molecule has 4 aliphatic heterocycles. The van der Waals surface area contributed by atoms with Crippen LogP contribution in [0.2, 0.25) is 0 Å². The van der Waals surface area contributed by atoms with Gasteiger partial charge in [-0.3, -0.25) is 0 Å². The zero-order valence-electron chi connectivity index (χ0n) is 12.3. The SMILES string of the molecule is Cc1c2c(c(C)c3c1C1(C)C=CC3O1)C1(C)C=CC2O1. The molecular formula is C18H18O2. The number of benzene rings is 1. The van der Waals surface area contributed by atoms with Crippen LogP contribution in [-0.4, -0.2) is 0 Å². The topological polar surface area (TPSA) is 18.5 Å². The van der Waals surface area contributed by atoms with Crippen molar-refractivity contribution in [3.63, 3.8) is 0 Å². The van der Waals surface area contributed by atoms with Crippen LogP contribution in [0, 0.1) is 13.8 Å². The summed E-state index contributed by atoms with van der Waals surface area (Å²) in [5.41, 5.74) is 7.80. The average Bonchev–Trinajstić information content (AvgIpc) is 3.09. The second-order valence-corrected chi connectivity index (χ2v) is 6.84. The third kappa shape index (κ3) is 0.971. The van der Waals surface area contributed by atoms with E-state index in [9.17, 15) is 0 Å². The van der Waals surface area contributed by atoms with Crippen LogP contribution in [-0.2, 0) is 20.7 Å². The lowest BCUT2D eigenvalue weighted by molar-refractivity contribution is 0.00711. The van der Waals surface area contributed by atoms with Crippen LogP contribution in [0.25, 0.3) is 0 Å². The summed E-state index contributed by atoms with van der Waals surface area (Å²) in [6.07, 6.45) is 9.09. The summed E-state index contributed by atoms with van der Waals surface area (Å²) in [5.74, 6) is 0. The third-order valence-electron chi connectivity index (χ3n) is 5.58. The van der Waals surface area contributed by atoms with Gasteiger partial charge in [-0.15, -0.1) is 0 Å². The standard InChI is InChI=1S/C18H18O2/c1-9-13-11-5-8-18(4,19-11)16(13)10(2)14-12-6-7-17(3,20-12)15(9)14/h5-8,11-12H,1-4H3. The Morgan fingerprint density at radius 2 is 1.20 bits per heavy atom. The molecule has 4 aliphatic rings. The van der Waals surface area contributed by atoms with Gasteiger partial charge in [-0.25, -0.2) is 0 Å². The molecule has 4 bridgehead atoms. The summed E-state index contributed by atoms with van der Waals surface area (Å²) in [4.78, 5) is 0. The maximum atomic E-state index is 6.22. The number of ether oxygens (including phenoxy) is 2. The first-order chi connectivity index (χ1) is 9.45. The van der Waals surface area contributed by atoms with Gasteiger partial charge in [0.15, 0.2) is 0 Å². The highest BCUT2D eigenvalue weighted by molar-refractivity contribution is 5.65. The van der Waals surface area contributed by atoms with E-state index in [4.69, 9.17) is 9.47 Å². The molecule has 2 heteroatoms. The molecule has 102 valence electrons. The van der Waals surface area contributed by atoms with Crippen LogP contribution in [0.5, 0.6) is 0 Å². The summed E-state index contributed by atoms with van der Waals surface area (Å²) in [6.45, 7) is 8.84. The third-order valence-corrected chi connectivity index (χ3v) is 5.58. The molecule has 1 aromatic rings. The molecule has 1 aromatic carbocycles. The molecular weight excluding hydrogens is 248 g/mol. The first-order valence-electron chi connectivity index (χ1n) is 7.37. The highest BCUT2D eigenvalue weighted by Crippen LogP contribution is 2.60. The Bertz CT molecular complexity index is 679. The molecule has 5 rings (SSSR count). The molecule has 0 spiro atoms. The van der Waals surface area contributed by atoms with Gasteiger partial charge in [0.2, 0.25) is 0 Å². The van der Waals surface area contributed by atoms with Gasteiger partial charge in [-0.2, -0.15) is 0 Å². The molecule has 0 aromatic heterocycles. The van der Waals surface area contributed by atoms with Crippen molar-refractivity contribution in [2.75, 3.05) is 0 Å². The number of fused-ring (bicyclic) bond motifs is 10. The lowest BCUT2D eigenvalue weighted by Gasteiger charge is -2.28. The zero-order chi connectivity index (χ0) is 13.9. The van der Waals surface area contributed by atoms with E-state index in [1.54, 1.807) is 0 Å². The largest absolute Gasteiger partial charge is 0.354 e. The van der Waals surface area contributed by atoms with Crippen LogP contribution < -0.4 is 0 Å². The van der Waals surface area contributed by atoms with E-state index >= 15 is 0 Å². The number of rotatable bonds is 0. The van der Waals surface area contributed by atoms with Crippen molar-refractivity contribution >= 4 is 0 Å². The number of hydrogen-bond donors (Lipinski definition) is 0. The van der Waals surface area contributed by atoms with Crippen molar-refractivity contribution in [2.45, 2.75) is 51.1 Å². The van der Waals surface area contributed by atoms with E-state index in [1.165, 1.54) is 33.4 Å². The number of hydrogen-bond acceptors (Lipinski definition) is 2. The maximum absolute atomic E-state index is 6.22. The van der Waals surface area contributed by atoms with Gasteiger partial charge in [0.1, 0.15) is 23.4 Å². The summed E-state index contributed by atoms with van der Waals surface area (Å²) in [7, 11) is 0. The average molecular weight is 266 g/mol. The molecule has 4 heterocycles. The summed E-state index contributed by atoms with van der Waals surface area (Å²) in [5, 5.41) is 0. The smallest absolute Gasteiger partial charge is 0.110 e. The fourth-order valence-corrected chi connectivity index (χ4v) is 4.86. The van der Waals surface area contributed by atoms with Gasteiger partial charge in [0, 0.05) is 0 Å². The fraction of sp³-hybridized carbons (Fsp3) is 0.444. The van der Waals surface area contributed by atoms with Gasteiger partial charge in [-0.1, -0.05) is 12.2 Å². The monoisotopic (exact) mass is 266 g/mol. The van der Waals surface area contributed by atoms with Crippen LogP contribution >= 0.6 is 0 Å². The first-order valence-corrected chi connectivity index (χ1v) is 7.37. The molecule has 0 saturated carbocycles. The molecule has 0 radical (unpaired) electrons. The lowest BCUT2D eigenvalue weighted by Crippen LogP contribution is -2.22. The Kier molecular flexibility index (Phi) is 1.67. The predicted octanol–water partition coefficient (Wildman–Crippen LogP) is 4.02. The Morgan fingerprint density at radius 3 is 1.60 bits per heavy atom. The van der Waals surface area contributed by atoms with Crippen molar-refractivity contribution in [2.24, 2.45) is 0 Å². The van der Waals surface area contributed by atoms with Crippen LogP contribution in [0.3, 0.4) is 0 Å². The van der Waals surface area contributed by atoms with Crippen LogP contribution in [0.15, 0.2) is 24.3 Å². The van der Waals surface area contributed by atoms with Gasteiger partial charge in [0.25, 0.3) is 0 Å². The highest BCUT2D eigenvalue weighted by atomic mass is 16.5. The molecule has 0 saturated heterocycles. The zero-order valence-corrected chi connectivity index (χ0v) is 12.3. The van der Waals surface area contributed by atoms with E-state index < -0.39 is 0 Å². The van der Waals surface area contributed by atoms with Crippen LogP contribution in [0.1, 0.15) is 59.4 Å². The van der Waals surface area contributed by atoms with E-state index in [-0.39, 0.29) is 23.4 Å². The highest BCUT2D eigenvalue weighted by Gasteiger charge is 2.52. The van der Waals surface area contributed by atoms with Crippen molar-refractivity contribution in [3.05, 3.63) is 57.7 Å². The maximum Gasteiger partial charge on any atom is 0.110 e. The van der Waals surface area contributed by atoms with E-state index in [1.807, 2.05) is 0 Å². The Balaban J connectivity index is 1.93. The first kappa shape index (κ1) is 11.3. The molecule has 20 heavy (non-hydrogen) atoms. The van der Waals surface area contributed by atoms with Crippen LogP contribution in [0.4, 0.5) is 0 Å². The van der Waals surface area contributed by atoms with Crippen molar-refractivity contribution in [3.8, 4) is 0 Å². The molecule has 2 nitrogen and oxygen atoms in total. The lowest BCUT2D eigenvalue weighted by atomic mass is 9.74. The molecule has 4 unspecified atom stereocenters. The van der Waals surface area contributed by atoms with Gasteiger partial charge < -0.3 is 9.47 Å². The Labute approximate surface area is 119 Å². The minimum Gasteiger partial charge on any atom is -0.354 e. The molecule has 0 amide bonds. The normalized spacial score (nSPS) is 41.6. The van der Waals surface area contributed by atoms with Gasteiger partial charge in [-0.05, 0) is 73.2 Å². The van der Waals surface area contributed by atoms with E-state index in [2.05, 4.69) is 52.0 Å². The van der Waals surface area contributed by atoms with Crippen molar-refractivity contribution in [1.82, 2.24) is 0 Å². The summed E-state index contributed by atoms with van der Waals surface area (Å²) < 4.78 is 12.4. The van der Waals surface area contributed by atoms with Crippen molar-refractivity contribution in [1.29, 1.82) is 0 Å². The minimum absolute atomic E-state index is 0.130. The van der Waals surface area contributed by atoms with Crippen molar-refractivity contribution < 1.29 is 9.47 Å². The molecule has 0 N–H and O–H groups in total. The molecule has 0 aliphatic carbocycles. The predicted molar refractivity (Wildman–Crippen MR) is 76.6 cm³/mol. The second-order valence-electron chi connectivity index (χ2n) is 6.84. The fourth-order valence-electron chi connectivity index (χ4n) is 4.86. The quantitative estimate of drug-likeness (QED) is 0.660. The Morgan fingerprint density at radius 1 is 0.800 bits per heavy atom. The van der Waals surface area contributed by atoms with E-state index in [0.29, 0.717) is 0 Å². The molecule has 0 fully saturated rings. The molecule has 4 atom stereocenters. The second kappa shape index (κ2) is 2.95. The van der Waals surface area contributed by atoms with E-state index in [0.717, 1.165) is 0 Å². The Hall–Kier alpha value is -1.38.